The monoisotopic (exact) mass is 350 g/mol. The zero-order valence-corrected chi connectivity index (χ0v) is 13.4. The summed E-state index contributed by atoms with van der Waals surface area (Å²) in [6, 6.07) is 10.3. The minimum atomic E-state index is -0.270. The Morgan fingerprint density at radius 1 is 1.26 bits per heavy atom. The molecular formula is C16H12Cl2N2O3. The van der Waals surface area contributed by atoms with Crippen LogP contribution in [0.3, 0.4) is 0 Å². The molecule has 0 fully saturated rings. The van der Waals surface area contributed by atoms with Crippen molar-refractivity contribution in [2.24, 2.45) is 0 Å². The van der Waals surface area contributed by atoms with Crippen LogP contribution in [0.1, 0.15) is 6.42 Å². The van der Waals surface area contributed by atoms with Crippen molar-refractivity contribution in [1.29, 1.82) is 0 Å². The lowest BCUT2D eigenvalue weighted by atomic mass is 10.2. The van der Waals surface area contributed by atoms with Crippen LogP contribution in [0, 0.1) is 0 Å². The molecule has 3 aromatic rings. The number of oxazole rings is 1. The van der Waals surface area contributed by atoms with E-state index in [1.165, 1.54) is 0 Å². The molecule has 0 saturated heterocycles. The fraction of sp³-hybridized carbons (Fsp3) is 0.125. The molecule has 3 rings (SSSR count). The quantitative estimate of drug-likeness (QED) is 0.741. The maximum absolute atomic E-state index is 11.5. The zero-order chi connectivity index (χ0) is 16.4. The van der Waals surface area contributed by atoms with Crippen molar-refractivity contribution in [3.05, 3.63) is 46.4 Å². The minimum absolute atomic E-state index is 0.0419. The van der Waals surface area contributed by atoms with Gasteiger partial charge in [-0.2, -0.15) is 0 Å². The molecule has 0 aliphatic heterocycles. The lowest BCUT2D eigenvalue weighted by Crippen LogP contribution is -2.12. The van der Waals surface area contributed by atoms with Gasteiger partial charge in [0.2, 0.25) is 11.8 Å². The van der Waals surface area contributed by atoms with Gasteiger partial charge in [0.25, 0.3) is 0 Å². The Hall–Kier alpha value is -2.08. The second kappa shape index (κ2) is 6.58. The fourth-order valence-electron chi connectivity index (χ4n) is 2.11. The molecule has 0 atom stereocenters. The van der Waals surface area contributed by atoms with Crippen LogP contribution in [-0.2, 0) is 4.79 Å². The highest BCUT2D eigenvalue weighted by Gasteiger charge is 2.14. The van der Waals surface area contributed by atoms with Gasteiger partial charge in [-0.3, -0.25) is 4.79 Å². The maximum atomic E-state index is 11.5. The Morgan fingerprint density at radius 2 is 2.09 bits per heavy atom. The average molecular weight is 351 g/mol. The molecule has 23 heavy (non-hydrogen) atoms. The largest absolute Gasteiger partial charge is 0.436 e. The molecule has 1 heterocycles. The number of nitrogens with zero attached hydrogens (tertiary/aromatic N) is 1. The Kier molecular flexibility index (Phi) is 4.52. The summed E-state index contributed by atoms with van der Waals surface area (Å²) in [6.07, 6.45) is 0.0419. The van der Waals surface area contributed by atoms with Crippen molar-refractivity contribution in [2.75, 3.05) is 11.9 Å². The van der Waals surface area contributed by atoms with Gasteiger partial charge in [0, 0.05) is 5.69 Å². The molecule has 0 saturated carbocycles. The highest BCUT2D eigenvalue weighted by atomic mass is 35.5. The lowest BCUT2D eigenvalue weighted by molar-refractivity contribution is -0.116. The number of aromatic nitrogens is 1. The van der Waals surface area contributed by atoms with Crippen LogP contribution in [0.5, 0.6) is 0 Å². The second-order valence-corrected chi connectivity index (χ2v) is 5.61. The van der Waals surface area contributed by atoms with Crippen molar-refractivity contribution in [3.63, 3.8) is 0 Å². The SMILES string of the molecule is O=C(CCO)Nc1ccc2oc(-c3cccc(Cl)c3Cl)nc2c1. The average Bonchev–Trinajstić information content (AvgIpc) is 2.93. The van der Waals surface area contributed by atoms with E-state index in [1.807, 2.05) is 0 Å². The van der Waals surface area contributed by atoms with Crippen LogP contribution in [0.25, 0.3) is 22.6 Å². The van der Waals surface area contributed by atoms with Crippen LogP contribution < -0.4 is 5.32 Å². The van der Waals surface area contributed by atoms with E-state index in [1.54, 1.807) is 36.4 Å². The molecule has 2 aromatic carbocycles. The number of hydrogen-bond donors (Lipinski definition) is 2. The van der Waals surface area contributed by atoms with Crippen LogP contribution >= 0.6 is 23.2 Å². The summed E-state index contributed by atoms with van der Waals surface area (Å²) in [5, 5.41) is 12.2. The summed E-state index contributed by atoms with van der Waals surface area (Å²) in [6.45, 7) is -0.199. The number of benzene rings is 2. The van der Waals surface area contributed by atoms with Gasteiger partial charge >= 0.3 is 0 Å². The Bertz CT molecular complexity index is 877. The third-order valence-electron chi connectivity index (χ3n) is 3.19. The molecule has 0 aliphatic carbocycles. The van der Waals surface area contributed by atoms with Crippen molar-refractivity contribution < 1.29 is 14.3 Å². The van der Waals surface area contributed by atoms with E-state index < -0.39 is 0 Å². The Morgan fingerprint density at radius 3 is 2.87 bits per heavy atom. The lowest BCUT2D eigenvalue weighted by Gasteiger charge is -2.02. The standard InChI is InChI=1S/C16H12Cl2N2O3/c17-11-3-1-2-10(15(11)18)16-20-12-8-9(4-5-13(12)23-16)19-14(22)6-7-21/h1-5,8,21H,6-7H2,(H,19,22). The third-order valence-corrected chi connectivity index (χ3v) is 4.01. The van der Waals surface area contributed by atoms with E-state index in [0.717, 1.165) is 0 Å². The summed E-state index contributed by atoms with van der Waals surface area (Å²) in [4.78, 5) is 15.9. The number of aliphatic hydroxyl groups is 1. The van der Waals surface area contributed by atoms with E-state index in [-0.39, 0.29) is 18.9 Å². The predicted octanol–water partition coefficient (Wildman–Crippen LogP) is 4.12. The summed E-state index contributed by atoms with van der Waals surface area (Å²) in [5.74, 6) is 0.0831. The van der Waals surface area contributed by atoms with Crippen molar-refractivity contribution >= 4 is 45.9 Å². The molecule has 118 valence electrons. The van der Waals surface area contributed by atoms with Gasteiger partial charge in [-0.15, -0.1) is 0 Å². The Labute approximate surface area is 141 Å². The van der Waals surface area contributed by atoms with E-state index in [4.69, 9.17) is 32.7 Å². The summed E-state index contributed by atoms with van der Waals surface area (Å²) in [5.41, 5.74) is 2.32. The van der Waals surface area contributed by atoms with Crippen molar-refractivity contribution in [1.82, 2.24) is 4.98 Å². The smallest absolute Gasteiger partial charge is 0.228 e. The van der Waals surface area contributed by atoms with Gasteiger partial charge in [-0.25, -0.2) is 4.98 Å². The molecule has 0 aliphatic rings. The molecule has 0 bridgehead atoms. The highest BCUT2D eigenvalue weighted by molar-refractivity contribution is 6.43. The van der Waals surface area contributed by atoms with Gasteiger partial charge in [-0.05, 0) is 30.3 Å². The molecular weight excluding hydrogens is 339 g/mol. The van der Waals surface area contributed by atoms with Crippen LogP contribution in [0.4, 0.5) is 5.69 Å². The normalized spacial score (nSPS) is 10.9. The number of carbonyl (C=O) groups excluding carboxylic acids is 1. The molecule has 1 amide bonds. The number of rotatable bonds is 4. The van der Waals surface area contributed by atoms with E-state index in [2.05, 4.69) is 10.3 Å². The summed E-state index contributed by atoms with van der Waals surface area (Å²) < 4.78 is 5.69. The van der Waals surface area contributed by atoms with Gasteiger partial charge in [-0.1, -0.05) is 29.3 Å². The number of nitrogens with one attached hydrogen (secondary N) is 1. The number of anilines is 1. The van der Waals surface area contributed by atoms with Gasteiger partial charge in [0.05, 0.1) is 28.6 Å². The highest BCUT2D eigenvalue weighted by Crippen LogP contribution is 2.34. The number of aliphatic hydroxyl groups excluding tert-OH is 1. The maximum Gasteiger partial charge on any atom is 0.228 e. The number of halogens is 2. The first-order valence-electron chi connectivity index (χ1n) is 6.84. The predicted molar refractivity (Wildman–Crippen MR) is 89.8 cm³/mol. The van der Waals surface area contributed by atoms with Crippen molar-refractivity contribution in [2.45, 2.75) is 6.42 Å². The fourth-order valence-corrected chi connectivity index (χ4v) is 2.50. The number of hydrogen-bond acceptors (Lipinski definition) is 4. The summed E-state index contributed by atoms with van der Waals surface area (Å²) >= 11 is 12.2. The Balaban J connectivity index is 1.96. The topological polar surface area (TPSA) is 75.4 Å². The van der Waals surface area contributed by atoms with Gasteiger partial charge < -0.3 is 14.8 Å². The summed E-state index contributed by atoms with van der Waals surface area (Å²) in [7, 11) is 0. The molecule has 0 spiro atoms. The molecule has 5 nitrogen and oxygen atoms in total. The number of fused-ring (bicyclic) bond motifs is 1. The van der Waals surface area contributed by atoms with Crippen molar-refractivity contribution in [3.8, 4) is 11.5 Å². The first kappa shape index (κ1) is 15.8. The van der Waals surface area contributed by atoms with Crippen LogP contribution in [0.15, 0.2) is 40.8 Å². The first-order chi connectivity index (χ1) is 11.1. The molecule has 1 aromatic heterocycles. The van der Waals surface area contributed by atoms with Gasteiger partial charge in [0.1, 0.15) is 5.52 Å². The van der Waals surface area contributed by atoms with E-state index in [9.17, 15) is 4.79 Å². The van der Waals surface area contributed by atoms with Crippen LogP contribution in [0.2, 0.25) is 10.0 Å². The van der Waals surface area contributed by atoms with E-state index >= 15 is 0 Å². The minimum Gasteiger partial charge on any atom is -0.436 e. The molecule has 0 unspecified atom stereocenters. The molecule has 0 radical (unpaired) electrons. The molecule has 7 heteroatoms. The number of amides is 1. The zero-order valence-electron chi connectivity index (χ0n) is 11.8. The second-order valence-electron chi connectivity index (χ2n) is 4.82. The van der Waals surface area contributed by atoms with Crippen LogP contribution in [-0.4, -0.2) is 22.6 Å². The number of carbonyl (C=O) groups is 1. The third kappa shape index (κ3) is 3.32. The van der Waals surface area contributed by atoms with Gasteiger partial charge in [0.15, 0.2) is 5.58 Å². The molecule has 2 N–H and O–H groups in total. The van der Waals surface area contributed by atoms with E-state index in [0.29, 0.717) is 38.3 Å². The first-order valence-corrected chi connectivity index (χ1v) is 7.60.